The molecule has 0 radical (unpaired) electrons. The third kappa shape index (κ3) is 5.26. The predicted octanol–water partition coefficient (Wildman–Crippen LogP) is 7.96. The van der Waals surface area contributed by atoms with E-state index in [1.807, 2.05) is 0 Å². The quantitative estimate of drug-likeness (QED) is 0.257. The van der Waals surface area contributed by atoms with Crippen LogP contribution in [-0.2, 0) is 4.79 Å². The Hall–Kier alpha value is -1.16. The molecule has 0 saturated heterocycles. The number of ether oxygens (including phenoxy) is 1. The zero-order valence-corrected chi connectivity index (χ0v) is 19.3. The second kappa shape index (κ2) is 10.2. The molecular formula is C26H35ClF2O2. The fraction of sp³-hybridized carbons (Fsp3) is 0.731. The standard InChI is InChI=1S/C26H35ClF2O2/c1-2-4-16-7-9-17(10-8-16)18-11-12-21-19(13-18)5-3-6-22(21)26(30)31-20-14-23(28)25(27)24(29)15-20/h14-19,21-22H,2-13H2,1H3. The number of rotatable bonds is 5. The number of halogens is 3. The number of benzene rings is 1. The van der Waals surface area contributed by atoms with Gasteiger partial charge in [-0.2, -0.15) is 0 Å². The Kier molecular flexibility index (Phi) is 7.56. The molecule has 0 N–H and O–H groups in total. The fourth-order valence-electron chi connectivity index (χ4n) is 6.86. The second-order valence-electron chi connectivity index (χ2n) is 10.2. The third-order valence-corrected chi connectivity index (χ3v) is 8.78. The fourth-order valence-corrected chi connectivity index (χ4v) is 6.97. The summed E-state index contributed by atoms with van der Waals surface area (Å²) in [7, 11) is 0. The Morgan fingerprint density at radius 1 is 0.968 bits per heavy atom. The Balaban J connectivity index is 1.35. The van der Waals surface area contributed by atoms with E-state index >= 15 is 0 Å². The minimum Gasteiger partial charge on any atom is -0.426 e. The largest absolute Gasteiger partial charge is 0.426 e. The van der Waals surface area contributed by atoms with Gasteiger partial charge in [0, 0.05) is 12.1 Å². The Bertz CT molecular complexity index is 752. The zero-order valence-electron chi connectivity index (χ0n) is 18.6. The van der Waals surface area contributed by atoms with Crippen molar-refractivity contribution < 1.29 is 18.3 Å². The van der Waals surface area contributed by atoms with Gasteiger partial charge in [-0.1, -0.05) is 57.0 Å². The normalized spacial score (nSPS) is 33.5. The molecule has 3 aliphatic rings. The lowest BCUT2D eigenvalue weighted by Crippen LogP contribution is -2.40. The zero-order chi connectivity index (χ0) is 22.0. The molecule has 0 spiro atoms. The molecule has 2 nitrogen and oxygen atoms in total. The maximum atomic E-state index is 13.7. The third-order valence-electron chi connectivity index (χ3n) is 8.42. The lowest BCUT2D eigenvalue weighted by Gasteiger charge is -2.46. The van der Waals surface area contributed by atoms with Crippen molar-refractivity contribution in [2.45, 2.75) is 84.0 Å². The van der Waals surface area contributed by atoms with Crippen LogP contribution in [0.15, 0.2) is 12.1 Å². The van der Waals surface area contributed by atoms with Crippen LogP contribution in [0.4, 0.5) is 8.78 Å². The second-order valence-corrected chi connectivity index (χ2v) is 10.6. The molecule has 3 fully saturated rings. The molecule has 0 bridgehead atoms. The van der Waals surface area contributed by atoms with Crippen LogP contribution in [0.2, 0.25) is 5.02 Å². The van der Waals surface area contributed by atoms with Crippen LogP contribution in [0.1, 0.15) is 84.0 Å². The number of hydrogen-bond acceptors (Lipinski definition) is 2. The molecule has 5 heteroatoms. The van der Waals surface area contributed by atoms with E-state index in [1.165, 1.54) is 57.8 Å². The molecule has 4 unspecified atom stereocenters. The van der Waals surface area contributed by atoms with E-state index in [4.69, 9.17) is 16.3 Å². The molecular weight excluding hydrogens is 418 g/mol. The molecule has 3 saturated carbocycles. The van der Waals surface area contributed by atoms with Crippen molar-refractivity contribution in [3.63, 3.8) is 0 Å². The first-order valence-electron chi connectivity index (χ1n) is 12.3. The van der Waals surface area contributed by atoms with Crippen LogP contribution in [0.3, 0.4) is 0 Å². The number of carbonyl (C=O) groups excluding carboxylic acids is 1. The van der Waals surface area contributed by atoms with Crippen LogP contribution >= 0.6 is 11.6 Å². The van der Waals surface area contributed by atoms with Crippen LogP contribution in [0.25, 0.3) is 0 Å². The molecule has 0 aromatic heterocycles. The minimum atomic E-state index is -0.903. The highest BCUT2D eigenvalue weighted by molar-refractivity contribution is 6.30. The SMILES string of the molecule is CCCC1CCC(C2CCC3C(CCCC3C(=O)Oc3cc(F)c(Cl)c(F)c3)C2)CC1. The molecule has 4 atom stereocenters. The average molecular weight is 453 g/mol. The van der Waals surface area contributed by atoms with E-state index in [9.17, 15) is 13.6 Å². The smallest absolute Gasteiger partial charge is 0.314 e. The Morgan fingerprint density at radius 3 is 2.32 bits per heavy atom. The first-order chi connectivity index (χ1) is 15.0. The molecule has 0 heterocycles. The topological polar surface area (TPSA) is 26.3 Å². The molecule has 0 aliphatic heterocycles. The molecule has 31 heavy (non-hydrogen) atoms. The van der Waals surface area contributed by atoms with Crippen molar-refractivity contribution >= 4 is 17.6 Å². The number of esters is 1. The highest BCUT2D eigenvalue weighted by Crippen LogP contribution is 2.50. The van der Waals surface area contributed by atoms with Gasteiger partial charge in [-0.05, 0) is 68.1 Å². The van der Waals surface area contributed by atoms with Crippen LogP contribution in [-0.4, -0.2) is 5.97 Å². The summed E-state index contributed by atoms with van der Waals surface area (Å²) in [6, 6.07) is 1.99. The first kappa shape index (κ1) is 23.0. The predicted molar refractivity (Wildman–Crippen MR) is 119 cm³/mol. The van der Waals surface area contributed by atoms with Gasteiger partial charge in [-0.25, -0.2) is 8.78 Å². The van der Waals surface area contributed by atoms with Crippen molar-refractivity contribution in [2.24, 2.45) is 35.5 Å². The van der Waals surface area contributed by atoms with Gasteiger partial charge in [0.15, 0.2) is 0 Å². The maximum Gasteiger partial charge on any atom is 0.314 e. The van der Waals surface area contributed by atoms with Gasteiger partial charge >= 0.3 is 5.97 Å². The molecule has 4 rings (SSSR count). The highest BCUT2D eigenvalue weighted by Gasteiger charge is 2.43. The van der Waals surface area contributed by atoms with E-state index in [2.05, 4.69) is 6.92 Å². The van der Waals surface area contributed by atoms with Crippen molar-refractivity contribution in [2.75, 3.05) is 0 Å². The van der Waals surface area contributed by atoms with Crippen LogP contribution < -0.4 is 4.74 Å². The lowest BCUT2D eigenvalue weighted by molar-refractivity contribution is -0.144. The van der Waals surface area contributed by atoms with Crippen LogP contribution in [0.5, 0.6) is 5.75 Å². The van der Waals surface area contributed by atoms with Gasteiger partial charge in [0.25, 0.3) is 0 Å². The van der Waals surface area contributed by atoms with Gasteiger partial charge < -0.3 is 4.74 Å². The summed E-state index contributed by atoms with van der Waals surface area (Å²) in [6.45, 7) is 2.29. The molecule has 172 valence electrons. The molecule has 3 aliphatic carbocycles. The summed E-state index contributed by atoms with van der Waals surface area (Å²) in [5.74, 6) is 1.13. The van der Waals surface area contributed by atoms with E-state index in [1.54, 1.807) is 0 Å². The number of carbonyl (C=O) groups is 1. The van der Waals surface area contributed by atoms with Crippen molar-refractivity contribution in [1.82, 2.24) is 0 Å². The summed E-state index contributed by atoms with van der Waals surface area (Å²) in [5, 5.41) is -0.570. The summed E-state index contributed by atoms with van der Waals surface area (Å²) in [6.07, 6.45) is 14.8. The van der Waals surface area contributed by atoms with E-state index in [-0.39, 0.29) is 17.6 Å². The molecule has 0 amide bonds. The van der Waals surface area contributed by atoms with Gasteiger partial charge in [0.05, 0.1) is 5.92 Å². The highest BCUT2D eigenvalue weighted by atomic mass is 35.5. The van der Waals surface area contributed by atoms with Gasteiger partial charge in [-0.15, -0.1) is 0 Å². The lowest BCUT2D eigenvalue weighted by atomic mass is 9.59. The van der Waals surface area contributed by atoms with E-state index in [0.29, 0.717) is 11.8 Å². The summed E-state index contributed by atoms with van der Waals surface area (Å²) >= 11 is 5.54. The van der Waals surface area contributed by atoms with Gasteiger partial charge in [0.2, 0.25) is 0 Å². The van der Waals surface area contributed by atoms with Crippen molar-refractivity contribution in [3.05, 3.63) is 28.8 Å². The summed E-state index contributed by atoms with van der Waals surface area (Å²) in [4.78, 5) is 12.9. The van der Waals surface area contributed by atoms with Gasteiger partial charge in [-0.3, -0.25) is 4.79 Å². The van der Waals surface area contributed by atoms with Crippen molar-refractivity contribution in [1.29, 1.82) is 0 Å². The first-order valence-corrected chi connectivity index (χ1v) is 12.7. The minimum absolute atomic E-state index is 0.0935. The number of hydrogen-bond donors (Lipinski definition) is 0. The van der Waals surface area contributed by atoms with Crippen molar-refractivity contribution in [3.8, 4) is 5.75 Å². The maximum absolute atomic E-state index is 13.7. The molecule has 1 aromatic rings. The summed E-state index contributed by atoms with van der Waals surface area (Å²) < 4.78 is 32.9. The van der Waals surface area contributed by atoms with E-state index < -0.39 is 16.7 Å². The monoisotopic (exact) mass is 452 g/mol. The van der Waals surface area contributed by atoms with E-state index in [0.717, 1.165) is 49.1 Å². The Labute approximate surface area is 190 Å². The number of fused-ring (bicyclic) bond motifs is 1. The Morgan fingerprint density at radius 2 is 1.65 bits per heavy atom. The molecule has 1 aromatic carbocycles. The van der Waals surface area contributed by atoms with Crippen LogP contribution in [0, 0.1) is 47.1 Å². The van der Waals surface area contributed by atoms with Gasteiger partial charge in [0.1, 0.15) is 22.4 Å². The average Bonchev–Trinajstić information content (AvgIpc) is 2.77. The summed E-state index contributed by atoms with van der Waals surface area (Å²) in [5.41, 5.74) is 0.